The lowest BCUT2D eigenvalue weighted by Crippen LogP contribution is -2.19. The highest BCUT2D eigenvalue weighted by Crippen LogP contribution is 2.22. The van der Waals surface area contributed by atoms with Gasteiger partial charge in [0.1, 0.15) is 5.75 Å². The van der Waals surface area contributed by atoms with Gasteiger partial charge < -0.3 is 19.9 Å². The fourth-order valence-electron chi connectivity index (χ4n) is 1.37. The zero-order valence-corrected chi connectivity index (χ0v) is 11.1. The third-order valence-corrected chi connectivity index (χ3v) is 2.15. The Kier molecular flexibility index (Phi) is 5.17. The minimum absolute atomic E-state index is 0.246. The second-order valence-electron chi connectivity index (χ2n) is 4.07. The molecule has 0 aromatic heterocycles. The van der Waals surface area contributed by atoms with Gasteiger partial charge in [0.05, 0.1) is 24.5 Å². The number of nitrogen functional groups attached to an aromatic ring is 1. The highest BCUT2D eigenvalue weighted by atomic mass is 16.6. The fourth-order valence-corrected chi connectivity index (χ4v) is 1.37. The molecule has 0 saturated carbocycles. The Hall–Kier alpha value is -2.24. The smallest absolute Gasteiger partial charge is 0.344 e. The van der Waals surface area contributed by atoms with Crippen molar-refractivity contribution in [1.82, 2.24) is 0 Å². The van der Waals surface area contributed by atoms with Crippen LogP contribution in [0.2, 0.25) is 0 Å². The zero-order valence-electron chi connectivity index (χ0n) is 11.1. The van der Waals surface area contributed by atoms with Crippen LogP contribution in [-0.4, -0.2) is 31.8 Å². The Bertz CT molecular complexity index is 470. The molecule has 104 valence electrons. The molecule has 19 heavy (non-hydrogen) atoms. The molecule has 2 N–H and O–H groups in total. The molecule has 1 aromatic rings. The van der Waals surface area contributed by atoms with Crippen molar-refractivity contribution in [3.05, 3.63) is 23.8 Å². The summed E-state index contributed by atoms with van der Waals surface area (Å²) in [4.78, 5) is 22.9. The molecule has 0 amide bonds. The number of anilines is 1. The highest BCUT2D eigenvalue weighted by molar-refractivity contribution is 5.92. The minimum atomic E-state index is -0.643. The van der Waals surface area contributed by atoms with Gasteiger partial charge in [-0.25, -0.2) is 9.59 Å². The molecular formula is C13H17NO5. The molecule has 0 aliphatic rings. The van der Waals surface area contributed by atoms with Gasteiger partial charge in [0.2, 0.25) is 0 Å². The van der Waals surface area contributed by atoms with E-state index in [1.165, 1.54) is 19.2 Å². The summed E-state index contributed by atoms with van der Waals surface area (Å²) in [6.07, 6.45) is -0.247. The van der Waals surface area contributed by atoms with E-state index in [2.05, 4.69) is 0 Å². The topological polar surface area (TPSA) is 87.8 Å². The number of hydrogen-bond acceptors (Lipinski definition) is 6. The molecule has 0 fully saturated rings. The van der Waals surface area contributed by atoms with Crippen LogP contribution in [0.4, 0.5) is 5.69 Å². The lowest BCUT2D eigenvalue weighted by Gasteiger charge is -2.09. The highest BCUT2D eigenvalue weighted by Gasteiger charge is 2.13. The van der Waals surface area contributed by atoms with E-state index >= 15 is 0 Å². The van der Waals surface area contributed by atoms with Crippen LogP contribution in [0.3, 0.4) is 0 Å². The number of carbonyl (C=O) groups excluding carboxylic acids is 2. The SMILES string of the molecule is COc1ccc(C(=O)OCC(=O)OC(C)C)cc1N. The molecule has 0 spiro atoms. The van der Waals surface area contributed by atoms with Crippen LogP contribution in [-0.2, 0) is 14.3 Å². The molecule has 1 aromatic carbocycles. The third-order valence-electron chi connectivity index (χ3n) is 2.15. The van der Waals surface area contributed by atoms with Crippen LogP contribution in [0.25, 0.3) is 0 Å². The maximum atomic E-state index is 11.7. The molecule has 0 atom stereocenters. The second-order valence-corrected chi connectivity index (χ2v) is 4.07. The van der Waals surface area contributed by atoms with Crippen LogP contribution < -0.4 is 10.5 Å². The van der Waals surface area contributed by atoms with Crippen molar-refractivity contribution in [3.8, 4) is 5.75 Å². The van der Waals surface area contributed by atoms with Gasteiger partial charge >= 0.3 is 11.9 Å². The van der Waals surface area contributed by atoms with Crippen LogP contribution in [0.1, 0.15) is 24.2 Å². The van der Waals surface area contributed by atoms with E-state index < -0.39 is 18.5 Å². The average Bonchev–Trinajstić information content (AvgIpc) is 2.35. The summed E-state index contributed by atoms with van der Waals surface area (Å²) < 4.78 is 14.6. The first-order valence-electron chi connectivity index (χ1n) is 5.74. The minimum Gasteiger partial charge on any atom is -0.495 e. The van der Waals surface area contributed by atoms with Crippen LogP contribution in [0.15, 0.2) is 18.2 Å². The summed E-state index contributed by atoms with van der Waals surface area (Å²) in [7, 11) is 1.48. The normalized spacial score (nSPS) is 10.1. The van der Waals surface area contributed by atoms with Gasteiger partial charge in [-0.1, -0.05) is 0 Å². The van der Waals surface area contributed by atoms with Crippen molar-refractivity contribution in [1.29, 1.82) is 0 Å². The van der Waals surface area contributed by atoms with E-state index in [9.17, 15) is 9.59 Å². The molecule has 0 unspecified atom stereocenters. The predicted octanol–water partition coefficient (Wildman–Crippen LogP) is 1.39. The number of methoxy groups -OCH3 is 1. The maximum absolute atomic E-state index is 11.7. The molecule has 0 heterocycles. The lowest BCUT2D eigenvalue weighted by atomic mass is 10.2. The first-order valence-corrected chi connectivity index (χ1v) is 5.74. The van der Waals surface area contributed by atoms with Crippen LogP contribution >= 0.6 is 0 Å². The van der Waals surface area contributed by atoms with E-state index in [4.69, 9.17) is 19.9 Å². The van der Waals surface area contributed by atoms with Crippen molar-refractivity contribution in [2.75, 3.05) is 19.5 Å². The number of rotatable bonds is 5. The van der Waals surface area contributed by atoms with Gasteiger partial charge in [0, 0.05) is 0 Å². The molecule has 0 radical (unpaired) electrons. The van der Waals surface area contributed by atoms with Gasteiger partial charge in [0.15, 0.2) is 6.61 Å². The van der Waals surface area contributed by atoms with Gasteiger partial charge in [-0.2, -0.15) is 0 Å². The van der Waals surface area contributed by atoms with E-state index in [0.29, 0.717) is 11.4 Å². The third kappa shape index (κ3) is 4.50. The number of ether oxygens (including phenoxy) is 3. The summed E-state index contributed by atoms with van der Waals surface area (Å²) >= 11 is 0. The number of esters is 2. The Morgan fingerprint density at radius 2 is 2.00 bits per heavy atom. The Morgan fingerprint density at radius 3 is 2.53 bits per heavy atom. The van der Waals surface area contributed by atoms with Crippen molar-refractivity contribution >= 4 is 17.6 Å². The lowest BCUT2D eigenvalue weighted by molar-refractivity contribution is -0.150. The first-order chi connectivity index (χ1) is 8.93. The summed E-state index contributed by atoms with van der Waals surface area (Å²) in [6, 6.07) is 4.48. The van der Waals surface area contributed by atoms with Gasteiger partial charge in [-0.15, -0.1) is 0 Å². The quantitative estimate of drug-likeness (QED) is 0.640. The van der Waals surface area contributed by atoms with E-state index in [-0.39, 0.29) is 11.7 Å². The van der Waals surface area contributed by atoms with Crippen LogP contribution in [0.5, 0.6) is 5.75 Å². The number of hydrogen-bond donors (Lipinski definition) is 1. The molecule has 1 rings (SSSR count). The van der Waals surface area contributed by atoms with Crippen molar-refractivity contribution in [2.45, 2.75) is 20.0 Å². The van der Waals surface area contributed by atoms with Crippen LogP contribution in [0, 0.1) is 0 Å². The van der Waals surface area contributed by atoms with Crippen molar-refractivity contribution in [2.24, 2.45) is 0 Å². The van der Waals surface area contributed by atoms with Gasteiger partial charge in [0.25, 0.3) is 0 Å². The van der Waals surface area contributed by atoms with Crippen molar-refractivity contribution in [3.63, 3.8) is 0 Å². The maximum Gasteiger partial charge on any atom is 0.344 e. The van der Waals surface area contributed by atoms with Gasteiger partial charge in [-0.05, 0) is 32.0 Å². The summed E-state index contributed by atoms with van der Waals surface area (Å²) in [5.41, 5.74) is 6.23. The number of carbonyl (C=O) groups is 2. The number of nitrogens with two attached hydrogens (primary N) is 1. The van der Waals surface area contributed by atoms with Gasteiger partial charge in [-0.3, -0.25) is 0 Å². The summed E-state index contributed by atoms with van der Waals surface area (Å²) in [6.45, 7) is 3.00. The molecule has 0 aliphatic heterocycles. The van der Waals surface area contributed by atoms with E-state index in [1.54, 1.807) is 19.9 Å². The van der Waals surface area contributed by atoms with E-state index in [1.807, 2.05) is 0 Å². The van der Waals surface area contributed by atoms with Crippen molar-refractivity contribution < 1.29 is 23.8 Å². The molecule has 0 aliphatic carbocycles. The second kappa shape index (κ2) is 6.63. The fraction of sp³-hybridized carbons (Fsp3) is 0.385. The molecular weight excluding hydrogens is 250 g/mol. The molecule has 0 saturated heterocycles. The van der Waals surface area contributed by atoms with E-state index in [0.717, 1.165) is 0 Å². The number of benzene rings is 1. The average molecular weight is 267 g/mol. The Morgan fingerprint density at radius 1 is 1.32 bits per heavy atom. The monoisotopic (exact) mass is 267 g/mol. The summed E-state index contributed by atoms with van der Waals surface area (Å²) in [5.74, 6) is -0.768. The Labute approximate surface area is 111 Å². The zero-order chi connectivity index (χ0) is 14.4. The molecule has 6 nitrogen and oxygen atoms in total. The standard InChI is InChI=1S/C13H17NO5/c1-8(2)19-12(15)7-18-13(16)9-4-5-11(17-3)10(14)6-9/h4-6,8H,7,14H2,1-3H3. The largest absolute Gasteiger partial charge is 0.495 e. The first kappa shape index (κ1) is 14.8. The molecule has 0 bridgehead atoms. The molecule has 6 heteroatoms. The predicted molar refractivity (Wildman–Crippen MR) is 68.9 cm³/mol. The summed E-state index contributed by atoms with van der Waals surface area (Å²) in [5, 5.41) is 0. The Balaban J connectivity index is 2.59.